The van der Waals surface area contributed by atoms with Crippen LogP contribution in [0.5, 0.6) is 0 Å². The van der Waals surface area contributed by atoms with Crippen molar-refractivity contribution in [3.63, 3.8) is 0 Å². The average molecular weight is 347 g/mol. The van der Waals surface area contributed by atoms with Crippen LogP contribution in [0.2, 0.25) is 0 Å². The number of thiophene rings is 1. The Bertz CT molecular complexity index is 680. The number of sulfonamides is 1. The summed E-state index contributed by atoms with van der Waals surface area (Å²) < 4.78 is 27.7. The molecule has 0 saturated heterocycles. The number of anilines is 1. The first kappa shape index (κ1) is 13.5. The van der Waals surface area contributed by atoms with E-state index < -0.39 is 10.0 Å². The summed E-state index contributed by atoms with van der Waals surface area (Å²) in [6.07, 6.45) is 1.58. The summed E-state index contributed by atoms with van der Waals surface area (Å²) in [5.74, 6) is 0.321. The predicted molar refractivity (Wildman–Crippen MR) is 76.5 cm³/mol. The lowest BCUT2D eigenvalue weighted by atomic mass is 10.3. The van der Waals surface area contributed by atoms with Gasteiger partial charge in [-0.15, -0.1) is 11.3 Å². The van der Waals surface area contributed by atoms with Gasteiger partial charge in [0.2, 0.25) is 0 Å². The number of rotatable bonds is 3. The molecule has 2 rings (SSSR count). The van der Waals surface area contributed by atoms with E-state index in [0.717, 1.165) is 14.9 Å². The van der Waals surface area contributed by atoms with Crippen molar-refractivity contribution in [1.29, 1.82) is 0 Å². The normalized spacial score (nSPS) is 11.5. The Hall–Kier alpha value is -0.920. The van der Waals surface area contributed by atoms with E-state index in [-0.39, 0.29) is 0 Å². The van der Waals surface area contributed by atoms with Crippen molar-refractivity contribution in [2.75, 3.05) is 4.72 Å². The first-order valence-corrected chi connectivity index (χ1v) is 8.19. The number of aromatic nitrogens is 1. The summed E-state index contributed by atoms with van der Waals surface area (Å²) in [6, 6.07) is 5.05. The molecule has 0 saturated carbocycles. The molecule has 0 aliphatic heterocycles. The average Bonchev–Trinajstić information content (AvgIpc) is 2.71. The van der Waals surface area contributed by atoms with Crippen LogP contribution in [-0.4, -0.2) is 13.4 Å². The Morgan fingerprint density at radius 2 is 2.06 bits per heavy atom. The lowest BCUT2D eigenvalue weighted by Gasteiger charge is -2.06. The molecule has 2 heterocycles. The monoisotopic (exact) mass is 346 g/mol. The second-order valence-electron chi connectivity index (χ2n) is 3.79. The fraction of sp³-hybridized carbons (Fsp3) is 0.182. The number of halogens is 1. The molecule has 0 atom stereocenters. The second kappa shape index (κ2) is 4.99. The Kier molecular flexibility index (Phi) is 3.74. The highest BCUT2D eigenvalue weighted by Crippen LogP contribution is 2.24. The van der Waals surface area contributed by atoms with Crippen LogP contribution in [0.25, 0.3) is 0 Å². The molecule has 2 aromatic rings. The molecule has 4 nitrogen and oxygen atoms in total. The fourth-order valence-electron chi connectivity index (χ4n) is 1.34. The van der Waals surface area contributed by atoms with Crippen LogP contribution in [-0.2, 0) is 10.0 Å². The molecule has 2 aromatic heterocycles. The quantitative estimate of drug-likeness (QED) is 0.927. The van der Waals surface area contributed by atoms with E-state index in [1.54, 1.807) is 24.4 Å². The zero-order valence-electron chi connectivity index (χ0n) is 9.77. The minimum atomic E-state index is -3.53. The number of hydrogen-bond acceptors (Lipinski definition) is 4. The van der Waals surface area contributed by atoms with Crippen LogP contribution in [0.15, 0.2) is 33.1 Å². The molecule has 0 unspecified atom stereocenters. The topological polar surface area (TPSA) is 59.1 Å². The van der Waals surface area contributed by atoms with Crippen LogP contribution in [0.4, 0.5) is 5.82 Å². The Morgan fingerprint density at radius 1 is 1.33 bits per heavy atom. The summed E-state index contributed by atoms with van der Waals surface area (Å²) >= 11 is 4.55. The van der Waals surface area contributed by atoms with Gasteiger partial charge in [-0.25, -0.2) is 13.4 Å². The van der Waals surface area contributed by atoms with E-state index in [0.29, 0.717) is 10.0 Å². The van der Waals surface area contributed by atoms with Gasteiger partial charge in [0.15, 0.2) is 0 Å². The van der Waals surface area contributed by atoms with Crippen LogP contribution in [0.3, 0.4) is 0 Å². The molecular formula is C11H11BrN2O2S2. The largest absolute Gasteiger partial charge is 0.272 e. The Balaban J connectivity index is 2.30. The first-order chi connectivity index (χ1) is 8.38. The van der Waals surface area contributed by atoms with Crippen molar-refractivity contribution >= 4 is 43.1 Å². The minimum absolute atomic E-state index is 0.294. The lowest BCUT2D eigenvalue weighted by Crippen LogP contribution is -2.12. The van der Waals surface area contributed by atoms with Crippen LogP contribution in [0.1, 0.15) is 10.4 Å². The molecule has 0 spiro atoms. The van der Waals surface area contributed by atoms with Crippen molar-refractivity contribution in [2.45, 2.75) is 18.1 Å². The summed E-state index contributed by atoms with van der Waals surface area (Å²) in [7, 11) is -3.53. The summed E-state index contributed by atoms with van der Waals surface area (Å²) in [5.41, 5.74) is 0.921. The van der Waals surface area contributed by atoms with Crippen molar-refractivity contribution in [1.82, 2.24) is 4.98 Å². The number of nitrogens with zero attached hydrogens (tertiary/aromatic N) is 1. The first-order valence-electron chi connectivity index (χ1n) is 5.10. The molecule has 0 fully saturated rings. The standard InChI is InChI=1S/C11H11BrN2O2S2/c1-7-5-10(13-6-9(7)12)14-18(15,16)11-4-3-8(2)17-11/h3-6H,1-2H3,(H,13,14). The van der Waals surface area contributed by atoms with Gasteiger partial charge in [0, 0.05) is 15.5 Å². The third-order valence-corrected chi connectivity index (χ3v) is 5.94. The van der Waals surface area contributed by atoms with E-state index in [1.807, 2.05) is 13.8 Å². The molecule has 0 amide bonds. The summed E-state index contributed by atoms with van der Waals surface area (Å²) in [5, 5.41) is 0. The van der Waals surface area contributed by atoms with Crippen LogP contribution >= 0.6 is 27.3 Å². The number of pyridine rings is 1. The Morgan fingerprint density at radius 3 is 2.61 bits per heavy atom. The molecule has 0 radical (unpaired) electrons. The molecule has 7 heteroatoms. The maximum Gasteiger partial charge on any atom is 0.272 e. The zero-order valence-corrected chi connectivity index (χ0v) is 13.0. The molecule has 96 valence electrons. The van der Waals surface area contributed by atoms with Crippen molar-refractivity contribution in [3.8, 4) is 0 Å². The maximum absolute atomic E-state index is 12.1. The van der Waals surface area contributed by atoms with Crippen molar-refractivity contribution in [3.05, 3.63) is 39.3 Å². The van der Waals surface area contributed by atoms with Gasteiger partial charge in [-0.2, -0.15) is 0 Å². The minimum Gasteiger partial charge on any atom is -0.263 e. The van der Waals surface area contributed by atoms with Gasteiger partial charge in [0.05, 0.1) is 0 Å². The molecule has 1 N–H and O–H groups in total. The van der Waals surface area contributed by atoms with Crippen molar-refractivity contribution in [2.24, 2.45) is 0 Å². The summed E-state index contributed by atoms with van der Waals surface area (Å²) in [6.45, 7) is 3.74. The van der Waals surface area contributed by atoms with Crippen molar-refractivity contribution < 1.29 is 8.42 Å². The molecule has 0 aliphatic carbocycles. The molecular weight excluding hydrogens is 336 g/mol. The van der Waals surface area contributed by atoms with E-state index in [4.69, 9.17) is 0 Å². The molecule has 0 aliphatic rings. The van der Waals surface area contributed by atoms with Gasteiger partial charge < -0.3 is 0 Å². The third kappa shape index (κ3) is 2.90. The van der Waals surface area contributed by atoms with Gasteiger partial charge >= 0.3 is 0 Å². The van der Waals surface area contributed by atoms with Crippen LogP contribution < -0.4 is 4.72 Å². The number of aryl methyl sites for hydroxylation is 2. The maximum atomic E-state index is 12.1. The SMILES string of the molecule is Cc1ccc(S(=O)(=O)Nc2cc(C)c(Br)cn2)s1. The second-order valence-corrected chi connectivity index (χ2v) is 7.84. The fourth-order valence-corrected chi connectivity index (χ4v) is 3.84. The van der Waals surface area contributed by atoms with Crippen LogP contribution in [0, 0.1) is 13.8 Å². The van der Waals surface area contributed by atoms with E-state index in [9.17, 15) is 8.42 Å². The lowest BCUT2D eigenvalue weighted by molar-refractivity contribution is 0.603. The molecule has 0 bridgehead atoms. The zero-order chi connectivity index (χ0) is 13.3. The van der Waals surface area contributed by atoms with E-state index in [1.165, 1.54) is 11.3 Å². The number of nitrogens with one attached hydrogen (secondary N) is 1. The van der Waals surface area contributed by atoms with Gasteiger partial charge in [0.25, 0.3) is 10.0 Å². The van der Waals surface area contributed by atoms with E-state index >= 15 is 0 Å². The highest BCUT2D eigenvalue weighted by molar-refractivity contribution is 9.10. The van der Waals surface area contributed by atoms with Gasteiger partial charge in [0.1, 0.15) is 10.0 Å². The predicted octanol–water partition coefficient (Wildman–Crippen LogP) is 3.32. The number of hydrogen-bond donors (Lipinski definition) is 1. The van der Waals surface area contributed by atoms with Gasteiger partial charge in [-0.05, 0) is 53.5 Å². The highest BCUT2D eigenvalue weighted by atomic mass is 79.9. The Labute approximate surface area is 118 Å². The third-order valence-electron chi connectivity index (χ3n) is 2.27. The van der Waals surface area contributed by atoms with Gasteiger partial charge in [-0.1, -0.05) is 0 Å². The molecule has 0 aromatic carbocycles. The summed E-state index contributed by atoms with van der Waals surface area (Å²) in [4.78, 5) is 4.98. The van der Waals surface area contributed by atoms with E-state index in [2.05, 4.69) is 25.6 Å². The highest BCUT2D eigenvalue weighted by Gasteiger charge is 2.17. The van der Waals surface area contributed by atoms with Gasteiger partial charge in [-0.3, -0.25) is 4.72 Å². The molecule has 18 heavy (non-hydrogen) atoms. The smallest absolute Gasteiger partial charge is 0.263 e.